The Balaban J connectivity index is 2.21. The molecule has 1 heterocycles. The lowest BCUT2D eigenvalue weighted by Crippen LogP contribution is -2.37. The van der Waals surface area contributed by atoms with Crippen LogP contribution < -0.4 is 0 Å². The van der Waals surface area contributed by atoms with Gasteiger partial charge in [-0.2, -0.15) is 0 Å². The molecule has 0 saturated carbocycles. The van der Waals surface area contributed by atoms with Crippen molar-refractivity contribution < 1.29 is 0 Å². The summed E-state index contributed by atoms with van der Waals surface area (Å²) in [6.45, 7) is 4.94. The quantitative estimate of drug-likeness (QED) is 0.294. The van der Waals surface area contributed by atoms with Crippen LogP contribution in [0.1, 0.15) is 26.2 Å². The monoisotopic (exact) mass is 194 g/mol. The van der Waals surface area contributed by atoms with E-state index < -0.39 is 0 Å². The van der Waals surface area contributed by atoms with Crippen LogP contribution in [0.2, 0.25) is 0 Å². The summed E-state index contributed by atoms with van der Waals surface area (Å²) in [4.78, 5) is 5.16. The third kappa shape index (κ3) is 3.81. The van der Waals surface area contributed by atoms with Crippen LogP contribution in [0, 0.1) is 0 Å². The second-order valence-electron chi connectivity index (χ2n) is 3.72. The van der Waals surface area contributed by atoms with E-state index in [4.69, 9.17) is 5.53 Å². The van der Waals surface area contributed by atoms with E-state index in [9.17, 15) is 0 Å². The van der Waals surface area contributed by atoms with Gasteiger partial charge in [0.2, 0.25) is 0 Å². The van der Waals surface area contributed by atoms with Gasteiger partial charge in [-0.1, -0.05) is 23.7 Å². The van der Waals surface area contributed by atoms with Crippen LogP contribution in [-0.4, -0.2) is 30.6 Å². The molecule has 4 nitrogen and oxygen atoms in total. The molecule has 0 amide bonds. The lowest BCUT2D eigenvalue weighted by molar-refractivity contribution is 0.179. The average Bonchev–Trinajstić information content (AvgIpc) is 2.20. The number of rotatable bonds is 4. The van der Waals surface area contributed by atoms with Crippen LogP contribution >= 0.6 is 0 Å². The fraction of sp³-hybridized carbons (Fsp3) is 0.800. The van der Waals surface area contributed by atoms with Gasteiger partial charge in [0.05, 0.1) is 0 Å². The minimum absolute atomic E-state index is 0.471. The van der Waals surface area contributed by atoms with Gasteiger partial charge in [-0.3, -0.25) is 4.90 Å². The highest BCUT2D eigenvalue weighted by molar-refractivity contribution is 4.88. The van der Waals surface area contributed by atoms with Crippen molar-refractivity contribution in [2.24, 2.45) is 5.11 Å². The van der Waals surface area contributed by atoms with Gasteiger partial charge in [0.1, 0.15) is 0 Å². The molecule has 0 radical (unpaired) electrons. The van der Waals surface area contributed by atoms with Crippen molar-refractivity contribution in [3.8, 4) is 0 Å². The van der Waals surface area contributed by atoms with Gasteiger partial charge in [-0.05, 0) is 31.8 Å². The van der Waals surface area contributed by atoms with Crippen molar-refractivity contribution in [3.63, 3.8) is 0 Å². The summed E-state index contributed by atoms with van der Waals surface area (Å²) < 4.78 is 0. The molecule has 0 N–H and O–H groups in total. The first-order valence-electron chi connectivity index (χ1n) is 5.24. The van der Waals surface area contributed by atoms with Crippen LogP contribution in [0.5, 0.6) is 0 Å². The molecule has 1 aliphatic rings. The van der Waals surface area contributed by atoms with Crippen molar-refractivity contribution in [2.75, 3.05) is 19.6 Å². The van der Waals surface area contributed by atoms with Gasteiger partial charge < -0.3 is 0 Å². The van der Waals surface area contributed by atoms with E-state index in [2.05, 4.69) is 27.9 Å². The summed E-state index contributed by atoms with van der Waals surface area (Å²) in [5.74, 6) is 0. The fourth-order valence-electron chi connectivity index (χ4n) is 1.80. The van der Waals surface area contributed by atoms with Crippen LogP contribution in [0.4, 0.5) is 0 Å². The summed E-state index contributed by atoms with van der Waals surface area (Å²) in [5.41, 5.74) is 8.07. The molecule has 1 aliphatic heterocycles. The van der Waals surface area contributed by atoms with Crippen molar-refractivity contribution in [3.05, 3.63) is 22.6 Å². The molecule has 4 heteroatoms. The Morgan fingerprint density at radius 2 is 2.36 bits per heavy atom. The first-order chi connectivity index (χ1) is 6.84. The van der Waals surface area contributed by atoms with E-state index in [1.807, 2.05) is 6.08 Å². The molecule has 0 bridgehead atoms. The maximum absolute atomic E-state index is 8.07. The molecule has 78 valence electrons. The SMILES string of the molecule is CC1CCCCN1C/C=C/CN=[N+]=[N-]. The summed E-state index contributed by atoms with van der Waals surface area (Å²) in [6, 6.07) is 0.702. The van der Waals surface area contributed by atoms with Crippen LogP contribution in [0.15, 0.2) is 17.3 Å². The number of piperidine rings is 1. The molecule has 1 unspecified atom stereocenters. The highest BCUT2D eigenvalue weighted by Gasteiger charge is 2.15. The number of likely N-dealkylation sites (tertiary alicyclic amines) is 1. The zero-order valence-corrected chi connectivity index (χ0v) is 8.76. The minimum atomic E-state index is 0.471. The first-order valence-corrected chi connectivity index (χ1v) is 5.24. The van der Waals surface area contributed by atoms with Crippen molar-refractivity contribution >= 4 is 0 Å². The highest BCUT2D eigenvalue weighted by atomic mass is 15.2. The first kappa shape index (κ1) is 11.1. The van der Waals surface area contributed by atoms with E-state index in [-0.39, 0.29) is 0 Å². The van der Waals surface area contributed by atoms with Crippen LogP contribution in [-0.2, 0) is 0 Å². The Kier molecular flexibility index (Phi) is 5.12. The fourth-order valence-corrected chi connectivity index (χ4v) is 1.80. The predicted molar refractivity (Wildman–Crippen MR) is 58.0 cm³/mol. The van der Waals surface area contributed by atoms with E-state index in [0.717, 1.165) is 6.54 Å². The highest BCUT2D eigenvalue weighted by Crippen LogP contribution is 2.15. The second-order valence-corrected chi connectivity index (χ2v) is 3.72. The summed E-state index contributed by atoms with van der Waals surface area (Å²) in [6.07, 6.45) is 8.01. The zero-order chi connectivity index (χ0) is 10.2. The molecule has 0 spiro atoms. The molecule has 0 aromatic rings. The molecule has 1 atom stereocenters. The van der Waals surface area contributed by atoms with Gasteiger partial charge in [-0.25, -0.2) is 0 Å². The Hall–Kier alpha value is -0.990. The van der Waals surface area contributed by atoms with E-state index in [1.54, 1.807) is 0 Å². The van der Waals surface area contributed by atoms with Gasteiger partial charge in [0.15, 0.2) is 0 Å². The zero-order valence-electron chi connectivity index (χ0n) is 8.76. The lowest BCUT2D eigenvalue weighted by Gasteiger charge is -2.32. The van der Waals surface area contributed by atoms with Gasteiger partial charge >= 0.3 is 0 Å². The maximum Gasteiger partial charge on any atom is 0.0440 e. The molecule has 0 aliphatic carbocycles. The van der Waals surface area contributed by atoms with Crippen molar-refractivity contribution in [1.82, 2.24) is 4.90 Å². The van der Waals surface area contributed by atoms with E-state index in [1.165, 1.54) is 25.8 Å². The van der Waals surface area contributed by atoms with E-state index in [0.29, 0.717) is 12.6 Å². The third-order valence-electron chi connectivity index (χ3n) is 2.70. The smallest absolute Gasteiger partial charge is 0.0440 e. The Labute approximate surface area is 85.2 Å². The lowest BCUT2D eigenvalue weighted by atomic mass is 10.0. The maximum atomic E-state index is 8.07. The third-order valence-corrected chi connectivity index (χ3v) is 2.70. The Bertz CT molecular complexity index is 230. The molecule has 0 aromatic heterocycles. The van der Waals surface area contributed by atoms with Gasteiger partial charge in [0.25, 0.3) is 0 Å². The van der Waals surface area contributed by atoms with Crippen LogP contribution in [0.25, 0.3) is 10.4 Å². The average molecular weight is 194 g/mol. The molecule has 14 heavy (non-hydrogen) atoms. The van der Waals surface area contributed by atoms with Crippen molar-refractivity contribution in [2.45, 2.75) is 32.2 Å². The van der Waals surface area contributed by atoms with Gasteiger partial charge in [-0.15, -0.1) is 0 Å². The summed E-state index contributed by atoms with van der Waals surface area (Å²) >= 11 is 0. The number of hydrogen-bond donors (Lipinski definition) is 0. The normalized spacial score (nSPS) is 23.6. The topological polar surface area (TPSA) is 52.0 Å². The molecule has 1 rings (SSSR count). The molecular formula is C10H18N4. The molecule has 0 aromatic carbocycles. The predicted octanol–water partition coefficient (Wildman–Crippen LogP) is 2.73. The molecule has 1 fully saturated rings. The minimum Gasteiger partial charge on any atom is -0.297 e. The molecular weight excluding hydrogens is 176 g/mol. The number of azide groups is 1. The van der Waals surface area contributed by atoms with E-state index >= 15 is 0 Å². The number of nitrogens with zero attached hydrogens (tertiary/aromatic N) is 4. The largest absolute Gasteiger partial charge is 0.297 e. The molecule has 1 saturated heterocycles. The van der Waals surface area contributed by atoms with Crippen molar-refractivity contribution in [1.29, 1.82) is 0 Å². The Morgan fingerprint density at radius 1 is 1.50 bits per heavy atom. The van der Waals surface area contributed by atoms with Crippen LogP contribution in [0.3, 0.4) is 0 Å². The Morgan fingerprint density at radius 3 is 3.07 bits per heavy atom. The summed E-state index contributed by atoms with van der Waals surface area (Å²) in [5, 5.41) is 3.45. The standard InChI is InChI=1S/C10H18N4/c1-10-6-2-4-8-14(10)9-5-3-7-12-13-11/h3,5,10H,2,4,6-9H2,1H3/b5-3+. The number of hydrogen-bond acceptors (Lipinski definition) is 2. The second kappa shape index (κ2) is 6.46. The van der Waals surface area contributed by atoms with Gasteiger partial charge in [0, 0.05) is 24.0 Å². The summed E-state index contributed by atoms with van der Waals surface area (Å²) in [7, 11) is 0.